The van der Waals surface area contributed by atoms with Crippen LogP contribution in [0.3, 0.4) is 0 Å². The van der Waals surface area contributed by atoms with Crippen LogP contribution in [-0.4, -0.2) is 30.0 Å². The first-order valence-corrected chi connectivity index (χ1v) is 8.67. The molecule has 3 heterocycles. The van der Waals surface area contributed by atoms with Crippen molar-refractivity contribution in [1.29, 1.82) is 0 Å². The SMILES string of the molecule is O=C(CCc1cccs1)N[C@@H]1CCCN(c2ccccn2)C1. The van der Waals surface area contributed by atoms with E-state index in [4.69, 9.17) is 0 Å². The molecule has 1 N–H and O–H groups in total. The Balaban J connectivity index is 1.48. The first kappa shape index (κ1) is 15.0. The third-order valence-electron chi connectivity index (χ3n) is 3.94. The number of nitrogens with zero attached hydrogens (tertiary/aromatic N) is 2. The van der Waals surface area contributed by atoms with Crippen LogP contribution >= 0.6 is 11.3 Å². The minimum Gasteiger partial charge on any atom is -0.355 e. The summed E-state index contributed by atoms with van der Waals surface area (Å²) in [4.78, 5) is 20.0. The van der Waals surface area contributed by atoms with E-state index in [1.54, 1.807) is 11.3 Å². The minimum absolute atomic E-state index is 0.154. The van der Waals surface area contributed by atoms with Gasteiger partial charge in [0, 0.05) is 36.6 Å². The lowest BCUT2D eigenvalue weighted by Crippen LogP contribution is -2.48. The second-order valence-corrected chi connectivity index (χ2v) is 6.65. The van der Waals surface area contributed by atoms with Crippen LogP contribution in [0, 0.1) is 0 Å². The molecule has 5 heteroatoms. The average Bonchev–Trinajstić information content (AvgIpc) is 3.08. The topological polar surface area (TPSA) is 45.2 Å². The third kappa shape index (κ3) is 4.07. The lowest BCUT2D eigenvalue weighted by atomic mass is 10.1. The summed E-state index contributed by atoms with van der Waals surface area (Å²) in [7, 11) is 0. The number of amides is 1. The van der Waals surface area contributed by atoms with E-state index < -0.39 is 0 Å². The summed E-state index contributed by atoms with van der Waals surface area (Å²) in [5, 5.41) is 5.23. The number of carbonyl (C=O) groups excluding carboxylic acids is 1. The molecular formula is C17H21N3OS. The third-order valence-corrected chi connectivity index (χ3v) is 4.87. The number of aromatic nitrogens is 1. The van der Waals surface area contributed by atoms with Crippen LogP contribution in [0.1, 0.15) is 24.1 Å². The number of hydrogen-bond donors (Lipinski definition) is 1. The molecule has 0 aromatic carbocycles. The summed E-state index contributed by atoms with van der Waals surface area (Å²) in [6.45, 7) is 1.86. The fraction of sp³-hybridized carbons (Fsp3) is 0.412. The van der Waals surface area contributed by atoms with E-state index in [0.29, 0.717) is 6.42 Å². The van der Waals surface area contributed by atoms with E-state index in [9.17, 15) is 4.79 Å². The van der Waals surface area contributed by atoms with Gasteiger partial charge in [-0.1, -0.05) is 12.1 Å². The van der Waals surface area contributed by atoms with Gasteiger partial charge in [-0.2, -0.15) is 0 Å². The van der Waals surface area contributed by atoms with Crippen molar-refractivity contribution in [2.45, 2.75) is 31.7 Å². The number of nitrogens with one attached hydrogen (secondary N) is 1. The van der Waals surface area contributed by atoms with Gasteiger partial charge in [-0.25, -0.2) is 4.98 Å². The van der Waals surface area contributed by atoms with Gasteiger partial charge in [0.05, 0.1) is 0 Å². The molecule has 1 atom stereocenters. The number of pyridine rings is 1. The van der Waals surface area contributed by atoms with Crippen LogP contribution in [0.4, 0.5) is 5.82 Å². The van der Waals surface area contributed by atoms with Gasteiger partial charge in [0.2, 0.25) is 5.91 Å². The Morgan fingerprint density at radius 2 is 2.32 bits per heavy atom. The fourth-order valence-corrected chi connectivity index (χ4v) is 3.54. The Bertz CT molecular complexity index is 585. The zero-order chi connectivity index (χ0) is 15.2. The van der Waals surface area contributed by atoms with Gasteiger partial charge in [-0.15, -0.1) is 11.3 Å². The first-order valence-electron chi connectivity index (χ1n) is 7.79. The molecule has 1 fully saturated rings. The average molecular weight is 315 g/mol. The molecule has 0 unspecified atom stereocenters. The molecule has 3 rings (SSSR count). The van der Waals surface area contributed by atoms with E-state index in [1.807, 2.05) is 30.5 Å². The van der Waals surface area contributed by atoms with Gasteiger partial charge in [-0.05, 0) is 42.8 Å². The van der Waals surface area contributed by atoms with Crippen molar-refractivity contribution >= 4 is 23.1 Å². The number of carbonyl (C=O) groups is 1. The highest BCUT2D eigenvalue weighted by Gasteiger charge is 2.22. The monoisotopic (exact) mass is 315 g/mol. The lowest BCUT2D eigenvalue weighted by Gasteiger charge is -2.34. The summed E-state index contributed by atoms with van der Waals surface area (Å²) < 4.78 is 0. The molecule has 0 aliphatic carbocycles. The Labute approximate surface area is 135 Å². The highest BCUT2D eigenvalue weighted by Crippen LogP contribution is 2.17. The highest BCUT2D eigenvalue weighted by atomic mass is 32.1. The van der Waals surface area contributed by atoms with Crippen molar-refractivity contribution in [3.8, 4) is 0 Å². The number of rotatable bonds is 5. The summed E-state index contributed by atoms with van der Waals surface area (Å²) in [6, 6.07) is 10.3. The van der Waals surface area contributed by atoms with Gasteiger partial charge < -0.3 is 10.2 Å². The minimum atomic E-state index is 0.154. The van der Waals surface area contributed by atoms with Crippen LogP contribution in [0.2, 0.25) is 0 Å². The summed E-state index contributed by atoms with van der Waals surface area (Å²) in [5.41, 5.74) is 0. The Kier molecular flexibility index (Phi) is 5.06. The molecule has 1 amide bonds. The van der Waals surface area contributed by atoms with Crippen LogP contribution in [-0.2, 0) is 11.2 Å². The molecule has 1 saturated heterocycles. The van der Waals surface area contributed by atoms with Crippen molar-refractivity contribution < 1.29 is 4.79 Å². The van der Waals surface area contributed by atoms with Gasteiger partial charge in [-0.3, -0.25) is 4.79 Å². The molecule has 2 aromatic heterocycles. The Hall–Kier alpha value is -1.88. The lowest BCUT2D eigenvalue weighted by molar-refractivity contribution is -0.121. The predicted molar refractivity (Wildman–Crippen MR) is 90.3 cm³/mol. The predicted octanol–water partition coefficient (Wildman–Crippen LogP) is 2.86. The van der Waals surface area contributed by atoms with Crippen molar-refractivity contribution in [3.63, 3.8) is 0 Å². The molecule has 0 spiro atoms. The van der Waals surface area contributed by atoms with Crippen LogP contribution in [0.15, 0.2) is 41.9 Å². The summed E-state index contributed by atoms with van der Waals surface area (Å²) in [6.07, 6.45) is 5.36. The first-order chi connectivity index (χ1) is 10.8. The number of anilines is 1. The molecule has 0 radical (unpaired) electrons. The number of hydrogen-bond acceptors (Lipinski definition) is 4. The zero-order valence-corrected chi connectivity index (χ0v) is 13.4. The van der Waals surface area contributed by atoms with Crippen molar-refractivity contribution in [3.05, 3.63) is 46.8 Å². The molecule has 1 aliphatic rings. The van der Waals surface area contributed by atoms with E-state index in [-0.39, 0.29) is 11.9 Å². The van der Waals surface area contributed by atoms with Crippen LogP contribution < -0.4 is 10.2 Å². The maximum atomic E-state index is 12.1. The molecule has 22 heavy (non-hydrogen) atoms. The summed E-state index contributed by atoms with van der Waals surface area (Å²) in [5.74, 6) is 1.15. The second-order valence-electron chi connectivity index (χ2n) is 5.62. The molecule has 116 valence electrons. The Morgan fingerprint density at radius 1 is 1.36 bits per heavy atom. The van der Waals surface area contributed by atoms with Crippen molar-refractivity contribution in [2.75, 3.05) is 18.0 Å². The molecular weight excluding hydrogens is 294 g/mol. The van der Waals surface area contributed by atoms with Crippen molar-refractivity contribution in [2.24, 2.45) is 0 Å². The molecule has 1 aliphatic heterocycles. The zero-order valence-electron chi connectivity index (χ0n) is 12.6. The normalized spacial score (nSPS) is 18.2. The highest BCUT2D eigenvalue weighted by molar-refractivity contribution is 7.09. The molecule has 2 aromatic rings. The molecule has 0 saturated carbocycles. The number of thiophene rings is 1. The number of piperidine rings is 1. The van der Waals surface area contributed by atoms with Gasteiger partial charge >= 0.3 is 0 Å². The van der Waals surface area contributed by atoms with E-state index in [1.165, 1.54) is 4.88 Å². The van der Waals surface area contributed by atoms with Crippen molar-refractivity contribution in [1.82, 2.24) is 10.3 Å². The van der Waals surface area contributed by atoms with Crippen LogP contribution in [0.25, 0.3) is 0 Å². The Morgan fingerprint density at radius 3 is 3.09 bits per heavy atom. The maximum absolute atomic E-state index is 12.1. The molecule has 0 bridgehead atoms. The number of aryl methyl sites for hydroxylation is 1. The maximum Gasteiger partial charge on any atom is 0.220 e. The van der Waals surface area contributed by atoms with Crippen LogP contribution in [0.5, 0.6) is 0 Å². The quantitative estimate of drug-likeness (QED) is 0.923. The van der Waals surface area contributed by atoms with E-state index >= 15 is 0 Å². The molecule has 4 nitrogen and oxygen atoms in total. The van der Waals surface area contributed by atoms with Gasteiger partial charge in [0.1, 0.15) is 5.82 Å². The fourth-order valence-electron chi connectivity index (χ4n) is 2.84. The standard InChI is InChI=1S/C17H21N3OS/c21-17(9-8-15-6-4-12-22-15)19-14-5-3-11-20(13-14)16-7-1-2-10-18-16/h1-2,4,6-7,10,12,14H,3,5,8-9,11,13H2,(H,19,21)/t14-/m1/s1. The summed E-state index contributed by atoms with van der Waals surface area (Å²) >= 11 is 1.71. The van der Waals surface area contributed by atoms with E-state index in [2.05, 4.69) is 26.6 Å². The van der Waals surface area contributed by atoms with Gasteiger partial charge in [0.25, 0.3) is 0 Å². The van der Waals surface area contributed by atoms with Gasteiger partial charge in [0.15, 0.2) is 0 Å². The largest absolute Gasteiger partial charge is 0.355 e. The smallest absolute Gasteiger partial charge is 0.220 e. The van der Waals surface area contributed by atoms with E-state index in [0.717, 1.165) is 38.2 Å². The second kappa shape index (κ2) is 7.40.